The van der Waals surface area contributed by atoms with Crippen LogP contribution in [0, 0.1) is 0 Å². The van der Waals surface area contributed by atoms with Crippen molar-refractivity contribution in [1.82, 2.24) is 15.2 Å². The van der Waals surface area contributed by atoms with Crippen molar-refractivity contribution in [3.63, 3.8) is 0 Å². The fourth-order valence-corrected chi connectivity index (χ4v) is 2.05. The highest BCUT2D eigenvalue weighted by molar-refractivity contribution is 5.61. The van der Waals surface area contributed by atoms with Gasteiger partial charge in [-0.3, -0.25) is 4.98 Å². The van der Waals surface area contributed by atoms with Gasteiger partial charge in [-0.2, -0.15) is 8.78 Å². The van der Waals surface area contributed by atoms with Crippen molar-refractivity contribution in [2.75, 3.05) is 6.61 Å². The first kappa shape index (κ1) is 15.9. The van der Waals surface area contributed by atoms with Gasteiger partial charge in [0, 0.05) is 23.5 Å². The fourth-order valence-electron chi connectivity index (χ4n) is 2.05. The molecule has 124 valence electrons. The van der Waals surface area contributed by atoms with E-state index in [1.165, 1.54) is 12.1 Å². The molecule has 0 N–H and O–H groups in total. The summed E-state index contributed by atoms with van der Waals surface area (Å²) in [5.41, 5.74) is 1.26. The van der Waals surface area contributed by atoms with Crippen LogP contribution in [0.15, 0.2) is 47.1 Å². The molecule has 0 atom stereocenters. The number of nitrogens with zero attached hydrogens (tertiary/aromatic N) is 3. The summed E-state index contributed by atoms with van der Waals surface area (Å²) in [6.07, 6.45) is 3.23. The summed E-state index contributed by atoms with van der Waals surface area (Å²) in [6.45, 7) is -0.890. The normalized spacial score (nSPS) is 10.8. The highest BCUT2D eigenvalue weighted by Crippen LogP contribution is 2.34. The van der Waals surface area contributed by atoms with Crippen LogP contribution in [0.5, 0.6) is 11.5 Å². The van der Waals surface area contributed by atoms with Gasteiger partial charge in [-0.15, -0.1) is 10.2 Å². The van der Waals surface area contributed by atoms with Crippen LogP contribution in [-0.2, 0) is 0 Å². The van der Waals surface area contributed by atoms with E-state index in [4.69, 9.17) is 9.15 Å². The van der Waals surface area contributed by atoms with Gasteiger partial charge in [-0.1, -0.05) is 0 Å². The van der Waals surface area contributed by atoms with Crippen LogP contribution in [0.25, 0.3) is 22.9 Å². The molecular formula is C16H13F2N3O3. The number of benzene rings is 1. The Morgan fingerprint density at radius 2 is 1.71 bits per heavy atom. The largest absolute Gasteiger partial charge is 0.490 e. The molecule has 0 saturated heterocycles. The van der Waals surface area contributed by atoms with E-state index >= 15 is 0 Å². The lowest BCUT2D eigenvalue weighted by molar-refractivity contribution is -0.0514. The fraction of sp³-hybridized carbons (Fsp3) is 0.188. The molecule has 6 nitrogen and oxygen atoms in total. The summed E-state index contributed by atoms with van der Waals surface area (Å²) in [5, 5.41) is 7.95. The molecule has 0 bridgehead atoms. The van der Waals surface area contributed by atoms with Gasteiger partial charge in [0.2, 0.25) is 11.8 Å². The molecule has 3 aromatic rings. The van der Waals surface area contributed by atoms with Crippen molar-refractivity contribution in [1.29, 1.82) is 0 Å². The second-order valence-electron chi connectivity index (χ2n) is 4.62. The van der Waals surface area contributed by atoms with E-state index in [2.05, 4.69) is 19.9 Å². The topological polar surface area (TPSA) is 70.3 Å². The van der Waals surface area contributed by atoms with E-state index in [0.29, 0.717) is 18.1 Å². The molecule has 0 spiro atoms. The van der Waals surface area contributed by atoms with Gasteiger partial charge in [0.15, 0.2) is 11.5 Å². The van der Waals surface area contributed by atoms with E-state index in [9.17, 15) is 8.78 Å². The van der Waals surface area contributed by atoms with E-state index in [-0.39, 0.29) is 17.4 Å². The summed E-state index contributed by atoms with van der Waals surface area (Å²) in [6, 6.07) is 7.92. The molecule has 0 saturated carbocycles. The van der Waals surface area contributed by atoms with Crippen LogP contribution in [0.2, 0.25) is 0 Å². The van der Waals surface area contributed by atoms with Crippen molar-refractivity contribution in [3.05, 3.63) is 42.7 Å². The Hall–Kier alpha value is -3.03. The quantitative estimate of drug-likeness (QED) is 0.683. The molecule has 0 radical (unpaired) electrons. The second-order valence-corrected chi connectivity index (χ2v) is 4.62. The van der Waals surface area contributed by atoms with Gasteiger partial charge in [-0.05, 0) is 37.3 Å². The molecule has 0 aliphatic carbocycles. The molecular weight excluding hydrogens is 320 g/mol. The third-order valence-electron chi connectivity index (χ3n) is 3.06. The van der Waals surface area contributed by atoms with Crippen molar-refractivity contribution in [3.8, 4) is 34.4 Å². The van der Waals surface area contributed by atoms with Crippen LogP contribution in [-0.4, -0.2) is 28.4 Å². The Labute approximate surface area is 136 Å². The van der Waals surface area contributed by atoms with Gasteiger partial charge >= 0.3 is 6.61 Å². The van der Waals surface area contributed by atoms with Crippen molar-refractivity contribution in [2.24, 2.45) is 0 Å². The molecule has 0 unspecified atom stereocenters. The second kappa shape index (κ2) is 7.03. The molecule has 0 aliphatic heterocycles. The van der Waals surface area contributed by atoms with Crippen molar-refractivity contribution < 1.29 is 22.7 Å². The Morgan fingerprint density at radius 1 is 1.00 bits per heavy atom. The van der Waals surface area contributed by atoms with Crippen LogP contribution in [0.1, 0.15) is 6.92 Å². The van der Waals surface area contributed by atoms with Gasteiger partial charge in [-0.25, -0.2) is 0 Å². The first-order valence-corrected chi connectivity index (χ1v) is 7.13. The number of rotatable bonds is 6. The minimum Gasteiger partial charge on any atom is -0.490 e. The number of hydrogen-bond donors (Lipinski definition) is 0. The van der Waals surface area contributed by atoms with Gasteiger partial charge in [0.25, 0.3) is 0 Å². The maximum atomic E-state index is 12.4. The van der Waals surface area contributed by atoms with E-state index in [1.54, 1.807) is 37.5 Å². The zero-order valence-electron chi connectivity index (χ0n) is 12.6. The number of aromatic nitrogens is 3. The lowest BCUT2D eigenvalue weighted by atomic mass is 10.2. The molecule has 3 rings (SSSR count). The average molecular weight is 333 g/mol. The predicted octanol–water partition coefficient (Wildman–Crippen LogP) is 3.80. The van der Waals surface area contributed by atoms with Crippen LogP contribution < -0.4 is 9.47 Å². The SMILES string of the molecule is CCOc1cc(-c2nnc(-c3ccncc3)o2)ccc1OC(F)F. The highest BCUT2D eigenvalue weighted by atomic mass is 19.3. The minimum absolute atomic E-state index is 0.0514. The van der Waals surface area contributed by atoms with E-state index < -0.39 is 6.61 Å². The Kier molecular flexibility index (Phi) is 4.64. The van der Waals surface area contributed by atoms with E-state index in [1.807, 2.05) is 0 Å². The molecule has 24 heavy (non-hydrogen) atoms. The Morgan fingerprint density at radius 3 is 2.38 bits per heavy atom. The average Bonchev–Trinajstić information content (AvgIpc) is 3.07. The lowest BCUT2D eigenvalue weighted by Gasteiger charge is -2.11. The van der Waals surface area contributed by atoms with Crippen LogP contribution >= 0.6 is 0 Å². The smallest absolute Gasteiger partial charge is 0.387 e. The van der Waals surface area contributed by atoms with Gasteiger partial charge in [0.1, 0.15) is 0 Å². The molecule has 8 heteroatoms. The summed E-state index contributed by atoms with van der Waals surface area (Å²) in [5.74, 6) is 0.702. The van der Waals surface area contributed by atoms with E-state index in [0.717, 1.165) is 5.56 Å². The zero-order valence-corrected chi connectivity index (χ0v) is 12.6. The number of halogens is 2. The first-order chi connectivity index (χ1) is 11.7. The maximum absolute atomic E-state index is 12.4. The number of alkyl halides is 2. The first-order valence-electron chi connectivity index (χ1n) is 7.13. The molecule has 0 amide bonds. The van der Waals surface area contributed by atoms with Crippen molar-refractivity contribution >= 4 is 0 Å². The standard InChI is InChI=1S/C16H13F2N3O3/c1-2-22-13-9-11(3-4-12(13)23-16(17)18)15-21-20-14(24-15)10-5-7-19-8-6-10/h3-9,16H,2H2,1H3. The summed E-state index contributed by atoms with van der Waals surface area (Å²) < 4.78 is 40.2. The lowest BCUT2D eigenvalue weighted by Crippen LogP contribution is -2.04. The molecule has 2 aromatic heterocycles. The summed E-state index contributed by atoms with van der Waals surface area (Å²) in [4.78, 5) is 3.92. The predicted molar refractivity (Wildman–Crippen MR) is 80.8 cm³/mol. The maximum Gasteiger partial charge on any atom is 0.387 e. The summed E-state index contributed by atoms with van der Waals surface area (Å²) in [7, 11) is 0. The molecule has 2 heterocycles. The number of hydrogen-bond acceptors (Lipinski definition) is 6. The van der Waals surface area contributed by atoms with Gasteiger partial charge in [0.05, 0.1) is 6.61 Å². The zero-order chi connectivity index (χ0) is 16.9. The molecule has 1 aromatic carbocycles. The molecule has 0 fully saturated rings. The molecule has 0 aliphatic rings. The minimum atomic E-state index is -2.93. The van der Waals surface area contributed by atoms with Crippen LogP contribution in [0.3, 0.4) is 0 Å². The third-order valence-corrected chi connectivity index (χ3v) is 3.06. The van der Waals surface area contributed by atoms with Gasteiger partial charge < -0.3 is 13.9 Å². The third kappa shape index (κ3) is 3.48. The number of ether oxygens (including phenoxy) is 2. The summed E-state index contributed by atoms with van der Waals surface area (Å²) >= 11 is 0. The monoisotopic (exact) mass is 333 g/mol. The highest BCUT2D eigenvalue weighted by Gasteiger charge is 2.15. The Bertz CT molecular complexity index is 809. The van der Waals surface area contributed by atoms with Crippen molar-refractivity contribution in [2.45, 2.75) is 13.5 Å². The number of pyridine rings is 1. The Balaban J connectivity index is 1.92. The van der Waals surface area contributed by atoms with Crippen LogP contribution in [0.4, 0.5) is 8.78 Å².